The van der Waals surface area contributed by atoms with Gasteiger partial charge in [-0.1, -0.05) is 12.1 Å². The molecule has 2 heterocycles. The molecule has 1 aliphatic rings. The highest BCUT2D eigenvalue weighted by atomic mass is 15.2. The Morgan fingerprint density at radius 3 is 2.56 bits per heavy atom. The van der Waals surface area contributed by atoms with Crippen LogP contribution in [0, 0.1) is 0 Å². The Hall–Kier alpha value is -2.95. The summed E-state index contributed by atoms with van der Waals surface area (Å²) >= 11 is 0. The molecule has 0 fully saturated rings. The van der Waals surface area contributed by atoms with Gasteiger partial charge in [0.25, 0.3) is 0 Å². The first kappa shape index (κ1) is 17.5. The van der Waals surface area contributed by atoms with E-state index in [4.69, 9.17) is 9.97 Å². The second kappa shape index (κ2) is 7.35. The molecule has 0 radical (unpaired) electrons. The first-order chi connectivity index (χ1) is 13.1. The highest BCUT2D eigenvalue weighted by molar-refractivity contribution is 5.61. The van der Waals surface area contributed by atoms with Crippen molar-refractivity contribution in [3.8, 4) is 11.4 Å². The second-order valence-corrected chi connectivity index (χ2v) is 7.31. The average molecular weight is 359 g/mol. The number of anilines is 2. The second-order valence-electron chi connectivity index (χ2n) is 7.31. The third kappa shape index (κ3) is 3.63. The average Bonchev–Trinajstić information content (AvgIpc) is 3.16. The zero-order valence-electron chi connectivity index (χ0n) is 16.2. The lowest BCUT2D eigenvalue weighted by Crippen LogP contribution is -2.20. The van der Waals surface area contributed by atoms with Crippen LogP contribution in [-0.4, -0.2) is 36.1 Å². The standard InChI is InChI=1S/C22H25N5/c1-26(2)18-7-4-6-16(14-18)15-27(3)22-19-8-5-9-20(19)24-21(25-22)17-10-12-23-13-11-17/h4,6-7,10-14H,5,8-9,15H2,1-3H3. The first-order valence-electron chi connectivity index (χ1n) is 9.39. The molecule has 1 aliphatic carbocycles. The molecule has 0 bridgehead atoms. The molecule has 0 saturated heterocycles. The number of hydrogen-bond donors (Lipinski definition) is 0. The maximum atomic E-state index is 4.94. The highest BCUT2D eigenvalue weighted by Gasteiger charge is 2.22. The van der Waals surface area contributed by atoms with Crippen molar-refractivity contribution < 1.29 is 0 Å². The largest absolute Gasteiger partial charge is 0.378 e. The van der Waals surface area contributed by atoms with Crippen molar-refractivity contribution in [3.05, 3.63) is 65.6 Å². The van der Waals surface area contributed by atoms with Gasteiger partial charge in [0, 0.05) is 62.6 Å². The molecule has 138 valence electrons. The Morgan fingerprint density at radius 2 is 1.78 bits per heavy atom. The molecule has 5 nitrogen and oxygen atoms in total. The topological polar surface area (TPSA) is 45.2 Å². The zero-order chi connectivity index (χ0) is 18.8. The lowest BCUT2D eigenvalue weighted by molar-refractivity contribution is 0.871. The van der Waals surface area contributed by atoms with Crippen molar-refractivity contribution in [1.29, 1.82) is 0 Å². The molecule has 0 spiro atoms. The first-order valence-corrected chi connectivity index (χ1v) is 9.39. The summed E-state index contributed by atoms with van der Waals surface area (Å²) in [5.74, 6) is 1.85. The van der Waals surface area contributed by atoms with Gasteiger partial charge in [-0.15, -0.1) is 0 Å². The maximum absolute atomic E-state index is 4.94. The minimum Gasteiger partial charge on any atom is -0.378 e. The Kier molecular flexibility index (Phi) is 4.75. The van der Waals surface area contributed by atoms with E-state index in [0.717, 1.165) is 43.0 Å². The molecule has 0 amide bonds. The smallest absolute Gasteiger partial charge is 0.161 e. The monoisotopic (exact) mass is 359 g/mol. The van der Waals surface area contributed by atoms with Gasteiger partial charge in [0.1, 0.15) is 5.82 Å². The van der Waals surface area contributed by atoms with Crippen LogP contribution in [0.5, 0.6) is 0 Å². The van der Waals surface area contributed by atoms with Crippen LogP contribution in [0.1, 0.15) is 23.2 Å². The Bertz CT molecular complexity index is 937. The molecular formula is C22H25N5. The van der Waals surface area contributed by atoms with Crippen molar-refractivity contribution in [2.75, 3.05) is 30.9 Å². The lowest BCUT2D eigenvalue weighted by atomic mass is 10.1. The van der Waals surface area contributed by atoms with Crippen LogP contribution in [0.3, 0.4) is 0 Å². The van der Waals surface area contributed by atoms with E-state index in [0.29, 0.717) is 0 Å². The van der Waals surface area contributed by atoms with Gasteiger partial charge in [-0.25, -0.2) is 9.97 Å². The van der Waals surface area contributed by atoms with Crippen molar-refractivity contribution in [2.45, 2.75) is 25.8 Å². The van der Waals surface area contributed by atoms with Crippen LogP contribution < -0.4 is 9.80 Å². The van der Waals surface area contributed by atoms with Crippen molar-refractivity contribution in [1.82, 2.24) is 15.0 Å². The summed E-state index contributed by atoms with van der Waals surface area (Å²) in [7, 11) is 6.27. The Labute approximate surface area is 160 Å². The summed E-state index contributed by atoms with van der Waals surface area (Å²) in [6, 6.07) is 12.6. The van der Waals surface area contributed by atoms with Crippen LogP contribution in [0.4, 0.5) is 11.5 Å². The third-order valence-electron chi connectivity index (χ3n) is 5.06. The number of benzene rings is 1. The van der Waals surface area contributed by atoms with Crippen molar-refractivity contribution >= 4 is 11.5 Å². The summed E-state index contributed by atoms with van der Waals surface area (Å²) in [6.07, 6.45) is 6.83. The molecule has 27 heavy (non-hydrogen) atoms. The van der Waals surface area contributed by atoms with Gasteiger partial charge >= 0.3 is 0 Å². The van der Waals surface area contributed by atoms with E-state index in [9.17, 15) is 0 Å². The minimum atomic E-state index is 0.793. The van der Waals surface area contributed by atoms with Gasteiger partial charge in [0.15, 0.2) is 5.82 Å². The van der Waals surface area contributed by atoms with Crippen LogP contribution in [0.2, 0.25) is 0 Å². The van der Waals surface area contributed by atoms with Gasteiger partial charge in [-0.05, 0) is 49.1 Å². The minimum absolute atomic E-state index is 0.793. The molecule has 0 atom stereocenters. The molecule has 0 saturated carbocycles. The number of pyridine rings is 1. The van der Waals surface area contributed by atoms with Gasteiger partial charge in [0.05, 0.1) is 0 Å². The van der Waals surface area contributed by atoms with Crippen LogP contribution in [-0.2, 0) is 19.4 Å². The molecule has 0 aliphatic heterocycles. The van der Waals surface area contributed by atoms with Crippen molar-refractivity contribution in [2.24, 2.45) is 0 Å². The molecule has 1 aromatic carbocycles. The predicted molar refractivity (Wildman–Crippen MR) is 110 cm³/mol. The highest BCUT2D eigenvalue weighted by Crippen LogP contribution is 2.31. The summed E-state index contributed by atoms with van der Waals surface area (Å²) < 4.78 is 0. The normalized spacial score (nSPS) is 12.7. The third-order valence-corrected chi connectivity index (χ3v) is 5.06. The zero-order valence-corrected chi connectivity index (χ0v) is 16.2. The summed E-state index contributed by atoms with van der Waals surface area (Å²) in [5, 5.41) is 0. The molecule has 0 unspecified atom stereocenters. The van der Waals surface area contributed by atoms with Crippen LogP contribution in [0.25, 0.3) is 11.4 Å². The number of aryl methyl sites for hydroxylation is 1. The summed E-state index contributed by atoms with van der Waals surface area (Å²) in [6.45, 7) is 0.820. The van der Waals surface area contributed by atoms with E-state index in [2.05, 4.69) is 60.2 Å². The number of rotatable bonds is 5. The summed E-state index contributed by atoms with van der Waals surface area (Å²) in [4.78, 5) is 18.3. The summed E-state index contributed by atoms with van der Waals surface area (Å²) in [5.41, 5.74) is 6.01. The molecule has 2 aromatic heterocycles. The quantitative estimate of drug-likeness (QED) is 0.695. The van der Waals surface area contributed by atoms with Crippen molar-refractivity contribution in [3.63, 3.8) is 0 Å². The fourth-order valence-corrected chi connectivity index (χ4v) is 3.64. The fraction of sp³-hybridized carbons (Fsp3) is 0.318. The van der Waals surface area contributed by atoms with E-state index in [-0.39, 0.29) is 0 Å². The fourth-order valence-electron chi connectivity index (χ4n) is 3.64. The molecule has 4 rings (SSSR count). The van der Waals surface area contributed by atoms with E-state index < -0.39 is 0 Å². The van der Waals surface area contributed by atoms with Gasteiger partial charge in [-0.3, -0.25) is 4.98 Å². The molecule has 5 heteroatoms. The Morgan fingerprint density at radius 1 is 0.963 bits per heavy atom. The van der Waals surface area contributed by atoms with Crippen LogP contribution >= 0.6 is 0 Å². The molecule has 0 N–H and O–H groups in total. The van der Waals surface area contributed by atoms with E-state index in [1.807, 2.05) is 12.1 Å². The lowest BCUT2D eigenvalue weighted by Gasteiger charge is -2.23. The number of hydrogen-bond acceptors (Lipinski definition) is 5. The van der Waals surface area contributed by atoms with E-state index in [1.165, 1.54) is 22.5 Å². The maximum Gasteiger partial charge on any atom is 0.161 e. The number of aromatic nitrogens is 3. The van der Waals surface area contributed by atoms with E-state index in [1.54, 1.807) is 12.4 Å². The van der Waals surface area contributed by atoms with Gasteiger partial charge < -0.3 is 9.80 Å². The van der Waals surface area contributed by atoms with Gasteiger partial charge in [0.2, 0.25) is 0 Å². The number of nitrogens with zero attached hydrogens (tertiary/aromatic N) is 5. The van der Waals surface area contributed by atoms with E-state index >= 15 is 0 Å². The van der Waals surface area contributed by atoms with Crippen LogP contribution in [0.15, 0.2) is 48.8 Å². The SMILES string of the molecule is CN(C)c1cccc(CN(C)c2nc(-c3ccncc3)nc3c2CCC3)c1. The Balaban J connectivity index is 1.68. The van der Waals surface area contributed by atoms with Gasteiger partial charge in [-0.2, -0.15) is 0 Å². The molecular weight excluding hydrogens is 334 g/mol. The predicted octanol–water partition coefficient (Wildman–Crippen LogP) is 3.73. The molecule has 3 aromatic rings. The number of fused-ring (bicyclic) bond motifs is 1.